The molecule has 1 aliphatic rings. The monoisotopic (exact) mass is 458 g/mol. The van der Waals surface area contributed by atoms with Crippen molar-refractivity contribution in [1.29, 1.82) is 0 Å². The second kappa shape index (κ2) is 10.7. The highest BCUT2D eigenvalue weighted by Crippen LogP contribution is 2.32. The number of rotatable bonds is 6. The van der Waals surface area contributed by atoms with Gasteiger partial charge in [-0.15, -0.1) is 0 Å². The molecule has 2 amide bonds. The van der Waals surface area contributed by atoms with Gasteiger partial charge in [-0.3, -0.25) is 4.79 Å². The van der Waals surface area contributed by atoms with Crippen LogP contribution >= 0.6 is 0 Å². The molecule has 8 heteroatoms. The summed E-state index contributed by atoms with van der Waals surface area (Å²) in [7, 11) is 1.21. The number of amides is 2. The molecule has 1 aliphatic carbocycles. The largest absolute Gasteiger partial charge is 0.467 e. The second-order valence-electron chi connectivity index (χ2n) is 9.84. The second-order valence-corrected chi connectivity index (χ2v) is 9.84. The maximum atomic E-state index is 12.8. The highest BCUT2D eigenvalue weighted by Gasteiger charge is 2.40. The predicted octanol–water partition coefficient (Wildman–Crippen LogP) is 2.63. The number of esters is 1. The fraction of sp³-hybridized carbons (Fsp3) is 0.560. The van der Waals surface area contributed by atoms with Crippen LogP contribution in [0.4, 0.5) is 4.79 Å². The van der Waals surface area contributed by atoms with E-state index < -0.39 is 35.2 Å². The molecule has 0 unspecified atom stereocenters. The molecular weight excluding hydrogens is 424 g/mol. The molecule has 1 aromatic carbocycles. The predicted molar refractivity (Wildman–Crippen MR) is 123 cm³/mol. The van der Waals surface area contributed by atoms with Gasteiger partial charge in [0.25, 0.3) is 5.91 Å². The lowest BCUT2D eigenvalue weighted by molar-refractivity contribution is -0.144. The smallest absolute Gasteiger partial charge is 0.408 e. The number of nitrogens with one attached hydrogen (secondary N) is 2. The van der Waals surface area contributed by atoms with Gasteiger partial charge in [-0.2, -0.15) is 0 Å². The van der Waals surface area contributed by atoms with Crippen LogP contribution in [-0.4, -0.2) is 54.0 Å². The summed E-state index contributed by atoms with van der Waals surface area (Å²) in [6.07, 6.45) is 1.10. The summed E-state index contributed by atoms with van der Waals surface area (Å²) < 4.78 is 10.1. The SMILES string of the molecule is COC(=O)[C@@H](NC(=O)c1ccc(C#CC2CC(CO)C2)cc1)C(C)(C)NC(=O)OC(C)(C)C. The molecule has 0 bridgehead atoms. The standard InChI is InChI=1S/C25H34N2O6/c1-24(2,3)33-23(31)27-25(4,5)20(22(30)32-6)26-21(29)19-11-9-16(10-12-19)7-8-17-13-18(14-17)15-28/h9-12,17-18,20,28H,13-15H2,1-6H3,(H,26,29)(H,27,31)/t17?,18?,20-/m1/s1. The van der Waals surface area contributed by atoms with E-state index in [9.17, 15) is 14.4 Å². The zero-order chi connectivity index (χ0) is 24.8. The Hall–Kier alpha value is -3.05. The fourth-order valence-corrected chi connectivity index (χ4v) is 3.40. The molecule has 0 radical (unpaired) electrons. The molecular formula is C25H34N2O6. The Bertz CT molecular complexity index is 915. The van der Waals surface area contributed by atoms with Crippen molar-refractivity contribution in [3.8, 4) is 11.8 Å². The molecule has 1 aromatic rings. The first kappa shape index (κ1) is 26.2. The molecule has 1 fully saturated rings. The highest BCUT2D eigenvalue weighted by atomic mass is 16.6. The van der Waals surface area contributed by atoms with Gasteiger partial charge in [0.2, 0.25) is 0 Å². The average Bonchev–Trinajstić information content (AvgIpc) is 2.68. The lowest BCUT2D eigenvalue weighted by Crippen LogP contribution is -2.62. The first-order valence-corrected chi connectivity index (χ1v) is 11.0. The topological polar surface area (TPSA) is 114 Å². The number of methoxy groups -OCH3 is 1. The third-order valence-electron chi connectivity index (χ3n) is 5.32. The molecule has 3 N–H and O–H groups in total. The van der Waals surface area contributed by atoms with Gasteiger partial charge in [-0.05, 0) is 77.6 Å². The van der Waals surface area contributed by atoms with Gasteiger partial charge in [-0.1, -0.05) is 11.8 Å². The van der Waals surface area contributed by atoms with Crippen LogP contribution in [0.15, 0.2) is 24.3 Å². The fourth-order valence-electron chi connectivity index (χ4n) is 3.40. The Morgan fingerprint density at radius 2 is 1.73 bits per heavy atom. The van der Waals surface area contributed by atoms with Gasteiger partial charge in [0.1, 0.15) is 11.6 Å². The summed E-state index contributed by atoms with van der Waals surface area (Å²) in [6.45, 7) is 8.58. The van der Waals surface area contributed by atoms with Gasteiger partial charge in [0.15, 0.2) is 0 Å². The lowest BCUT2D eigenvalue weighted by Gasteiger charge is -2.34. The number of aliphatic hydroxyl groups is 1. The molecule has 1 saturated carbocycles. The van der Waals surface area contributed by atoms with Crippen LogP contribution in [0.2, 0.25) is 0 Å². The summed E-state index contributed by atoms with van der Waals surface area (Å²) >= 11 is 0. The molecule has 180 valence electrons. The Kier molecular flexibility index (Phi) is 8.51. The third-order valence-corrected chi connectivity index (χ3v) is 5.32. The third kappa shape index (κ3) is 7.79. The number of benzene rings is 1. The van der Waals surface area contributed by atoms with Crippen LogP contribution < -0.4 is 10.6 Å². The summed E-state index contributed by atoms with van der Waals surface area (Å²) in [6, 6.07) is 5.57. The molecule has 8 nitrogen and oxygen atoms in total. The number of hydrogen-bond acceptors (Lipinski definition) is 6. The quantitative estimate of drug-likeness (QED) is 0.446. The number of hydrogen-bond donors (Lipinski definition) is 3. The summed E-state index contributed by atoms with van der Waals surface area (Å²) in [5, 5.41) is 14.4. The van der Waals surface area contributed by atoms with Crippen molar-refractivity contribution in [1.82, 2.24) is 10.6 Å². The minimum Gasteiger partial charge on any atom is -0.467 e. The van der Waals surface area contributed by atoms with Crippen LogP contribution in [0.25, 0.3) is 0 Å². The summed E-state index contributed by atoms with van der Waals surface area (Å²) in [4.78, 5) is 37.5. The minimum atomic E-state index is -1.19. The van der Waals surface area contributed by atoms with Crippen molar-refractivity contribution in [2.24, 2.45) is 11.8 Å². The first-order chi connectivity index (χ1) is 15.3. The first-order valence-electron chi connectivity index (χ1n) is 11.0. The van der Waals surface area contributed by atoms with E-state index in [2.05, 4.69) is 22.5 Å². The van der Waals surface area contributed by atoms with E-state index in [4.69, 9.17) is 14.6 Å². The van der Waals surface area contributed by atoms with E-state index in [1.54, 1.807) is 58.9 Å². The van der Waals surface area contributed by atoms with Crippen molar-refractivity contribution in [3.05, 3.63) is 35.4 Å². The van der Waals surface area contributed by atoms with Crippen molar-refractivity contribution in [2.75, 3.05) is 13.7 Å². The molecule has 0 saturated heterocycles. The normalized spacial score (nSPS) is 18.6. The maximum Gasteiger partial charge on any atom is 0.408 e. The van der Waals surface area contributed by atoms with E-state index in [1.807, 2.05) is 0 Å². The van der Waals surface area contributed by atoms with E-state index >= 15 is 0 Å². The summed E-state index contributed by atoms with van der Waals surface area (Å²) in [5.74, 6) is 5.73. The molecule has 0 aromatic heterocycles. The van der Waals surface area contributed by atoms with Gasteiger partial charge < -0.3 is 25.2 Å². The molecule has 33 heavy (non-hydrogen) atoms. The van der Waals surface area contributed by atoms with Crippen LogP contribution in [-0.2, 0) is 14.3 Å². The zero-order valence-corrected chi connectivity index (χ0v) is 20.2. The van der Waals surface area contributed by atoms with Gasteiger partial charge >= 0.3 is 12.1 Å². The van der Waals surface area contributed by atoms with Crippen molar-refractivity contribution in [2.45, 2.75) is 64.6 Å². The molecule has 1 atom stereocenters. The van der Waals surface area contributed by atoms with E-state index in [0.29, 0.717) is 17.4 Å². The van der Waals surface area contributed by atoms with Crippen LogP contribution in [0.5, 0.6) is 0 Å². The molecule has 2 rings (SSSR count). The highest BCUT2D eigenvalue weighted by molar-refractivity contribution is 5.97. The van der Waals surface area contributed by atoms with E-state index in [-0.39, 0.29) is 6.61 Å². The minimum absolute atomic E-state index is 0.207. The summed E-state index contributed by atoms with van der Waals surface area (Å²) in [5.41, 5.74) is -0.790. The lowest BCUT2D eigenvalue weighted by atomic mass is 9.76. The van der Waals surface area contributed by atoms with Crippen molar-refractivity contribution in [3.63, 3.8) is 0 Å². The number of alkyl carbamates (subject to hydrolysis) is 1. The van der Waals surface area contributed by atoms with E-state index in [1.165, 1.54) is 7.11 Å². The zero-order valence-electron chi connectivity index (χ0n) is 20.2. The van der Waals surface area contributed by atoms with Crippen LogP contribution in [0.3, 0.4) is 0 Å². The van der Waals surface area contributed by atoms with Crippen LogP contribution in [0.1, 0.15) is 63.4 Å². The molecule has 0 aliphatic heterocycles. The van der Waals surface area contributed by atoms with Gasteiger partial charge in [0.05, 0.1) is 12.6 Å². The Morgan fingerprint density at radius 1 is 1.12 bits per heavy atom. The van der Waals surface area contributed by atoms with Crippen molar-refractivity contribution >= 4 is 18.0 Å². The van der Waals surface area contributed by atoms with Crippen LogP contribution in [0, 0.1) is 23.7 Å². The Balaban J connectivity index is 2.06. The average molecular weight is 459 g/mol. The number of aliphatic hydroxyl groups excluding tert-OH is 1. The van der Waals surface area contributed by atoms with E-state index in [0.717, 1.165) is 18.4 Å². The number of carbonyl (C=O) groups is 3. The molecule has 0 spiro atoms. The Morgan fingerprint density at radius 3 is 2.24 bits per heavy atom. The van der Waals surface area contributed by atoms with Gasteiger partial charge in [-0.25, -0.2) is 9.59 Å². The Labute approximate surface area is 195 Å². The number of ether oxygens (including phenoxy) is 2. The number of carbonyl (C=O) groups excluding carboxylic acids is 3. The van der Waals surface area contributed by atoms with Crippen molar-refractivity contribution < 1.29 is 29.0 Å². The molecule has 0 heterocycles. The maximum absolute atomic E-state index is 12.8. The van der Waals surface area contributed by atoms with Gasteiger partial charge in [0, 0.05) is 23.7 Å².